The largest absolute Gasteiger partial charge is 0.308 e. The van der Waals surface area contributed by atoms with Crippen molar-refractivity contribution in [2.75, 3.05) is 10.1 Å². The van der Waals surface area contributed by atoms with Gasteiger partial charge in [0.15, 0.2) is 0 Å². The fourth-order valence-corrected chi connectivity index (χ4v) is 3.03. The van der Waals surface area contributed by atoms with Crippen molar-refractivity contribution in [1.29, 1.82) is 0 Å². The SMILES string of the molecule is NNc1cc(S(=O)(=O)Nc2cccc(I)c2)ccn1. The minimum atomic E-state index is -3.65. The lowest BCUT2D eigenvalue weighted by Crippen LogP contribution is -2.15. The summed E-state index contributed by atoms with van der Waals surface area (Å²) in [6, 6.07) is 9.83. The Kier molecular flexibility index (Phi) is 4.22. The van der Waals surface area contributed by atoms with E-state index in [0.717, 1.165) is 3.57 Å². The first-order valence-corrected chi connectivity index (χ1v) is 7.78. The molecule has 0 saturated heterocycles. The summed E-state index contributed by atoms with van der Waals surface area (Å²) >= 11 is 2.11. The highest BCUT2D eigenvalue weighted by atomic mass is 127. The molecule has 2 rings (SSSR count). The van der Waals surface area contributed by atoms with Gasteiger partial charge in [-0.05, 0) is 46.9 Å². The zero-order chi connectivity index (χ0) is 13.9. The van der Waals surface area contributed by atoms with Crippen LogP contribution in [0.25, 0.3) is 0 Å². The van der Waals surface area contributed by atoms with Gasteiger partial charge < -0.3 is 5.43 Å². The van der Waals surface area contributed by atoms with Crippen molar-refractivity contribution in [1.82, 2.24) is 4.98 Å². The van der Waals surface area contributed by atoms with Crippen molar-refractivity contribution in [3.8, 4) is 0 Å². The predicted octanol–water partition coefficient (Wildman–Crippen LogP) is 1.77. The number of benzene rings is 1. The number of nitrogen functional groups attached to an aromatic ring is 1. The molecule has 1 aromatic carbocycles. The third-order valence-electron chi connectivity index (χ3n) is 2.27. The number of pyridine rings is 1. The van der Waals surface area contributed by atoms with Crippen LogP contribution < -0.4 is 16.0 Å². The lowest BCUT2D eigenvalue weighted by Gasteiger charge is -2.09. The maximum absolute atomic E-state index is 12.2. The third kappa shape index (κ3) is 3.55. The quantitative estimate of drug-likeness (QED) is 0.420. The smallest absolute Gasteiger partial charge is 0.262 e. The summed E-state index contributed by atoms with van der Waals surface area (Å²) in [6.45, 7) is 0. The maximum atomic E-state index is 12.2. The molecular weight excluding hydrogens is 379 g/mol. The Morgan fingerprint density at radius 2 is 2.00 bits per heavy atom. The van der Waals surface area contributed by atoms with Gasteiger partial charge in [-0.15, -0.1) is 0 Å². The van der Waals surface area contributed by atoms with Gasteiger partial charge in [0.05, 0.1) is 4.90 Å². The lowest BCUT2D eigenvalue weighted by molar-refractivity contribution is 0.601. The molecule has 8 heteroatoms. The molecule has 0 bridgehead atoms. The third-order valence-corrected chi connectivity index (χ3v) is 4.32. The van der Waals surface area contributed by atoms with Crippen molar-refractivity contribution in [2.24, 2.45) is 5.84 Å². The number of rotatable bonds is 4. The molecule has 0 fully saturated rings. The van der Waals surface area contributed by atoms with Crippen LogP contribution in [-0.2, 0) is 10.0 Å². The second-order valence-corrected chi connectivity index (χ2v) is 6.57. The molecule has 0 atom stereocenters. The van der Waals surface area contributed by atoms with Crippen LogP contribution in [0, 0.1) is 3.57 Å². The summed E-state index contributed by atoms with van der Waals surface area (Å²) in [4.78, 5) is 3.95. The first kappa shape index (κ1) is 14.0. The van der Waals surface area contributed by atoms with E-state index >= 15 is 0 Å². The molecular formula is C11H11IN4O2S. The number of hydrogen-bond acceptors (Lipinski definition) is 5. The van der Waals surface area contributed by atoms with E-state index in [9.17, 15) is 8.42 Å². The van der Waals surface area contributed by atoms with Crippen LogP contribution >= 0.6 is 22.6 Å². The van der Waals surface area contributed by atoms with Gasteiger partial charge in [0, 0.05) is 21.5 Å². The molecule has 1 aromatic heterocycles. The van der Waals surface area contributed by atoms with Crippen molar-refractivity contribution in [3.63, 3.8) is 0 Å². The Labute approximate surface area is 124 Å². The molecule has 0 radical (unpaired) electrons. The van der Waals surface area contributed by atoms with E-state index in [4.69, 9.17) is 5.84 Å². The van der Waals surface area contributed by atoms with E-state index in [0.29, 0.717) is 5.69 Å². The van der Waals surface area contributed by atoms with Crippen molar-refractivity contribution in [3.05, 3.63) is 46.2 Å². The van der Waals surface area contributed by atoms with E-state index in [1.165, 1.54) is 18.3 Å². The van der Waals surface area contributed by atoms with Crippen LogP contribution in [0.3, 0.4) is 0 Å². The van der Waals surface area contributed by atoms with Crippen LogP contribution in [0.5, 0.6) is 0 Å². The minimum Gasteiger partial charge on any atom is -0.308 e. The summed E-state index contributed by atoms with van der Waals surface area (Å²) in [5, 5.41) is 0. The highest BCUT2D eigenvalue weighted by Crippen LogP contribution is 2.19. The van der Waals surface area contributed by atoms with Gasteiger partial charge in [0.25, 0.3) is 10.0 Å². The van der Waals surface area contributed by atoms with Crippen LogP contribution in [0.1, 0.15) is 0 Å². The number of hydrazine groups is 1. The molecule has 2 aromatic rings. The molecule has 19 heavy (non-hydrogen) atoms. The van der Waals surface area contributed by atoms with Crippen LogP contribution in [0.2, 0.25) is 0 Å². The Hall–Kier alpha value is -1.39. The molecule has 1 heterocycles. The number of sulfonamides is 1. The second-order valence-electron chi connectivity index (χ2n) is 3.64. The highest BCUT2D eigenvalue weighted by Gasteiger charge is 2.15. The van der Waals surface area contributed by atoms with Crippen molar-refractivity contribution in [2.45, 2.75) is 4.90 Å². The number of nitrogens with one attached hydrogen (secondary N) is 2. The van der Waals surface area contributed by atoms with Crippen molar-refractivity contribution < 1.29 is 8.42 Å². The highest BCUT2D eigenvalue weighted by molar-refractivity contribution is 14.1. The van der Waals surface area contributed by atoms with E-state index in [2.05, 4.69) is 37.7 Å². The zero-order valence-corrected chi connectivity index (χ0v) is 12.6. The fourth-order valence-electron chi connectivity index (χ4n) is 1.42. The average Bonchev–Trinajstić information content (AvgIpc) is 2.38. The molecule has 0 unspecified atom stereocenters. The molecule has 0 aliphatic carbocycles. The van der Waals surface area contributed by atoms with Gasteiger partial charge in [-0.25, -0.2) is 19.2 Å². The summed E-state index contributed by atoms with van der Waals surface area (Å²) < 4.78 is 27.8. The number of hydrogen-bond donors (Lipinski definition) is 3. The van der Waals surface area contributed by atoms with Gasteiger partial charge >= 0.3 is 0 Å². The summed E-state index contributed by atoms with van der Waals surface area (Å²) in [5.41, 5.74) is 2.81. The molecule has 4 N–H and O–H groups in total. The average molecular weight is 390 g/mol. The van der Waals surface area contributed by atoms with Crippen LogP contribution in [0.15, 0.2) is 47.5 Å². The van der Waals surface area contributed by atoms with Crippen LogP contribution in [0.4, 0.5) is 11.5 Å². The summed E-state index contributed by atoms with van der Waals surface area (Å²) in [7, 11) is -3.65. The molecule has 0 amide bonds. The number of anilines is 2. The zero-order valence-electron chi connectivity index (χ0n) is 9.67. The maximum Gasteiger partial charge on any atom is 0.262 e. The first-order chi connectivity index (χ1) is 9.01. The molecule has 6 nitrogen and oxygen atoms in total. The Morgan fingerprint density at radius 3 is 2.68 bits per heavy atom. The van der Waals surface area contributed by atoms with E-state index < -0.39 is 10.0 Å². The molecule has 0 saturated carbocycles. The second kappa shape index (κ2) is 5.72. The monoisotopic (exact) mass is 390 g/mol. The Balaban J connectivity index is 2.32. The van der Waals surface area contributed by atoms with E-state index in [-0.39, 0.29) is 10.7 Å². The predicted molar refractivity (Wildman–Crippen MR) is 82.0 cm³/mol. The Bertz CT molecular complexity index is 691. The summed E-state index contributed by atoms with van der Waals surface area (Å²) in [6.07, 6.45) is 1.37. The van der Waals surface area contributed by atoms with E-state index in [1.807, 2.05) is 6.07 Å². The van der Waals surface area contributed by atoms with Gasteiger partial charge in [-0.3, -0.25) is 4.72 Å². The van der Waals surface area contributed by atoms with E-state index in [1.54, 1.807) is 18.2 Å². The van der Waals surface area contributed by atoms with Gasteiger partial charge in [0.2, 0.25) is 0 Å². The standard InChI is InChI=1S/C11H11IN4O2S/c12-8-2-1-3-9(6-8)16-19(17,18)10-4-5-14-11(7-10)15-13/h1-7,16H,13H2,(H,14,15). The number of halogens is 1. The normalized spacial score (nSPS) is 11.1. The summed E-state index contributed by atoms with van der Waals surface area (Å²) in [5.74, 6) is 5.49. The number of nitrogens with two attached hydrogens (primary N) is 1. The fraction of sp³-hybridized carbons (Fsp3) is 0. The molecule has 0 aliphatic heterocycles. The molecule has 0 aliphatic rings. The number of nitrogens with zero attached hydrogens (tertiary/aromatic N) is 1. The molecule has 100 valence electrons. The topological polar surface area (TPSA) is 97.1 Å². The van der Waals surface area contributed by atoms with Gasteiger partial charge in [-0.1, -0.05) is 6.07 Å². The molecule has 0 spiro atoms. The van der Waals surface area contributed by atoms with Gasteiger partial charge in [-0.2, -0.15) is 0 Å². The van der Waals surface area contributed by atoms with Crippen LogP contribution in [-0.4, -0.2) is 13.4 Å². The number of aromatic nitrogens is 1. The Morgan fingerprint density at radius 1 is 1.21 bits per heavy atom. The lowest BCUT2D eigenvalue weighted by atomic mass is 10.3. The van der Waals surface area contributed by atoms with Crippen molar-refractivity contribution >= 4 is 44.1 Å². The minimum absolute atomic E-state index is 0.0920. The van der Waals surface area contributed by atoms with Gasteiger partial charge in [0.1, 0.15) is 5.82 Å². The first-order valence-electron chi connectivity index (χ1n) is 5.22.